The number of hydrogen-bond acceptors (Lipinski definition) is 6. The summed E-state index contributed by atoms with van der Waals surface area (Å²) in [5.74, 6) is 0.876. The van der Waals surface area contributed by atoms with E-state index in [0.29, 0.717) is 12.3 Å². The Hall–Kier alpha value is -1.70. The van der Waals surface area contributed by atoms with E-state index in [1.165, 1.54) is 0 Å². The first-order chi connectivity index (χ1) is 12.5. The smallest absolute Gasteiger partial charge is 0.221 e. The Balaban J connectivity index is 1.55. The first-order valence-electron chi connectivity index (χ1n) is 9.43. The first kappa shape index (κ1) is 19.1. The molecule has 0 unspecified atom stereocenters. The second-order valence-electron chi connectivity index (χ2n) is 7.46. The van der Waals surface area contributed by atoms with E-state index in [9.17, 15) is 9.90 Å². The van der Waals surface area contributed by atoms with Crippen LogP contribution in [0.25, 0.3) is 0 Å². The molecule has 2 aliphatic rings. The number of hydrogen-bond donors (Lipinski definition) is 2. The molecule has 3 rings (SSSR count). The number of ether oxygens (including phenoxy) is 1. The van der Waals surface area contributed by atoms with Crippen molar-refractivity contribution >= 4 is 5.91 Å². The molecule has 0 radical (unpaired) electrons. The third-order valence-corrected chi connectivity index (χ3v) is 5.52. The van der Waals surface area contributed by atoms with Gasteiger partial charge in [0.05, 0.1) is 19.3 Å². The van der Waals surface area contributed by atoms with Crippen molar-refractivity contribution in [3.8, 4) is 5.88 Å². The lowest BCUT2D eigenvalue weighted by molar-refractivity contribution is -0.123. The molecule has 1 aliphatic heterocycles. The quantitative estimate of drug-likeness (QED) is 0.742. The minimum absolute atomic E-state index is 0.0612. The van der Waals surface area contributed by atoms with Crippen LogP contribution in [0, 0.1) is 5.92 Å². The molecule has 1 saturated heterocycles. The van der Waals surface area contributed by atoms with Crippen molar-refractivity contribution in [2.75, 3.05) is 46.9 Å². The molecule has 1 aromatic rings. The molecule has 1 amide bonds. The Labute approximate surface area is 155 Å². The second kappa shape index (κ2) is 8.79. The molecule has 1 aliphatic carbocycles. The number of carbonyl (C=O) groups is 1. The van der Waals surface area contributed by atoms with Crippen LogP contribution >= 0.6 is 0 Å². The van der Waals surface area contributed by atoms with Gasteiger partial charge in [-0.05, 0) is 31.4 Å². The summed E-state index contributed by atoms with van der Waals surface area (Å²) >= 11 is 0. The zero-order valence-electron chi connectivity index (χ0n) is 15.7. The van der Waals surface area contributed by atoms with E-state index < -0.39 is 0 Å². The normalized spacial score (nSPS) is 25.3. The number of piperazine rings is 1. The third-order valence-electron chi connectivity index (χ3n) is 5.52. The maximum Gasteiger partial charge on any atom is 0.221 e. The molecule has 2 N–H and O–H groups in total. The topological polar surface area (TPSA) is 77.9 Å². The molecule has 2 heterocycles. The summed E-state index contributed by atoms with van der Waals surface area (Å²) in [4.78, 5) is 21.4. The number of rotatable bonds is 7. The van der Waals surface area contributed by atoms with Gasteiger partial charge in [-0.3, -0.25) is 4.79 Å². The predicted octanol–water partition coefficient (Wildman–Crippen LogP) is 0.656. The molecule has 1 aromatic heterocycles. The SMILES string of the molecule is COc1ccc([C@@H](NC(=O)CCN2CCN(C)CC2)C2CC(O)C2)cn1. The number of aromatic nitrogens is 1. The van der Waals surface area contributed by atoms with Crippen molar-refractivity contribution < 1.29 is 14.6 Å². The lowest BCUT2D eigenvalue weighted by Gasteiger charge is -2.38. The van der Waals surface area contributed by atoms with Crippen LogP contribution in [0.3, 0.4) is 0 Å². The number of carbonyl (C=O) groups excluding carboxylic acids is 1. The number of nitrogens with zero attached hydrogens (tertiary/aromatic N) is 3. The molecule has 7 heteroatoms. The number of methoxy groups -OCH3 is 1. The van der Waals surface area contributed by atoms with Crippen LogP contribution in [0.15, 0.2) is 18.3 Å². The van der Waals surface area contributed by atoms with Gasteiger partial charge in [0.25, 0.3) is 0 Å². The van der Waals surface area contributed by atoms with Crippen LogP contribution < -0.4 is 10.1 Å². The predicted molar refractivity (Wildman–Crippen MR) is 99.0 cm³/mol. The monoisotopic (exact) mass is 362 g/mol. The number of amides is 1. The van der Waals surface area contributed by atoms with E-state index in [-0.39, 0.29) is 24.0 Å². The number of aliphatic hydroxyl groups excluding tert-OH is 1. The van der Waals surface area contributed by atoms with Crippen LogP contribution in [0.2, 0.25) is 0 Å². The molecular formula is C19H30N4O3. The molecule has 0 spiro atoms. The Morgan fingerprint density at radius 3 is 2.65 bits per heavy atom. The molecule has 144 valence electrons. The summed E-state index contributed by atoms with van der Waals surface area (Å²) in [7, 11) is 3.71. The highest BCUT2D eigenvalue weighted by Gasteiger charge is 2.35. The van der Waals surface area contributed by atoms with Crippen molar-refractivity contribution in [2.24, 2.45) is 5.92 Å². The van der Waals surface area contributed by atoms with Gasteiger partial charge in [0.15, 0.2) is 0 Å². The summed E-state index contributed by atoms with van der Waals surface area (Å²) in [5.41, 5.74) is 0.968. The van der Waals surface area contributed by atoms with Crippen LogP contribution in [-0.4, -0.2) is 78.8 Å². The Bertz CT molecular complexity index is 581. The van der Waals surface area contributed by atoms with Crippen LogP contribution in [0.5, 0.6) is 5.88 Å². The summed E-state index contributed by atoms with van der Waals surface area (Å²) in [5, 5.41) is 12.8. The van der Waals surface area contributed by atoms with Crippen molar-refractivity contribution in [1.82, 2.24) is 20.1 Å². The molecule has 1 atom stereocenters. The average Bonchev–Trinajstić information content (AvgIpc) is 2.63. The number of nitrogens with one attached hydrogen (secondary N) is 1. The van der Waals surface area contributed by atoms with E-state index in [2.05, 4.69) is 27.1 Å². The van der Waals surface area contributed by atoms with Crippen LogP contribution in [-0.2, 0) is 4.79 Å². The van der Waals surface area contributed by atoms with Gasteiger partial charge in [-0.15, -0.1) is 0 Å². The van der Waals surface area contributed by atoms with Gasteiger partial charge in [-0.2, -0.15) is 0 Å². The van der Waals surface area contributed by atoms with Gasteiger partial charge in [-0.25, -0.2) is 4.98 Å². The molecule has 0 aromatic carbocycles. The summed E-state index contributed by atoms with van der Waals surface area (Å²) in [6.45, 7) is 4.94. The molecule has 1 saturated carbocycles. The first-order valence-corrected chi connectivity index (χ1v) is 9.43. The average molecular weight is 362 g/mol. The van der Waals surface area contributed by atoms with Gasteiger partial charge in [0, 0.05) is 51.4 Å². The fourth-order valence-electron chi connectivity index (χ4n) is 3.65. The largest absolute Gasteiger partial charge is 0.481 e. The van der Waals surface area contributed by atoms with E-state index >= 15 is 0 Å². The van der Waals surface area contributed by atoms with Gasteiger partial charge in [-0.1, -0.05) is 6.07 Å². The van der Waals surface area contributed by atoms with Crippen molar-refractivity contribution in [3.05, 3.63) is 23.9 Å². The molecule has 26 heavy (non-hydrogen) atoms. The zero-order chi connectivity index (χ0) is 18.5. The fraction of sp³-hybridized carbons (Fsp3) is 0.684. The van der Waals surface area contributed by atoms with Gasteiger partial charge in [0.1, 0.15) is 0 Å². The Morgan fingerprint density at radius 1 is 1.35 bits per heavy atom. The molecule has 0 bridgehead atoms. The Kier molecular flexibility index (Phi) is 6.45. The minimum atomic E-state index is -0.254. The fourth-order valence-corrected chi connectivity index (χ4v) is 3.65. The summed E-state index contributed by atoms with van der Waals surface area (Å²) in [6, 6.07) is 3.66. The van der Waals surface area contributed by atoms with E-state index in [1.807, 2.05) is 12.1 Å². The van der Waals surface area contributed by atoms with E-state index in [1.54, 1.807) is 13.3 Å². The molecular weight excluding hydrogens is 332 g/mol. The number of likely N-dealkylation sites (N-methyl/N-ethyl adjacent to an activating group) is 1. The standard InChI is InChI=1S/C19H30N4O3/c1-22-7-9-23(10-8-22)6-5-17(25)21-19(15-11-16(24)12-15)14-3-4-18(26-2)20-13-14/h3-4,13,15-16,19,24H,5-12H2,1-2H3,(H,21,25)/t15?,16?,19-/m1/s1. The minimum Gasteiger partial charge on any atom is -0.481 e. The highest BCUT2D eigenvalue weighted by atomic mass is 16.5. The van der Waals surface area contributed by atoms with Crippen molar-refractivity contribution in [2.45, 2.75) is 31.4 Å². The maximum absolute atomic E-state index is 12.5. The van der Waals surface area contributed by atoms with Crippen LogP contribution in [0.1, 0.15) is 30.9 Å². The third kappa shape index (κ3) is 4.93. The summed E-state index contributed by atoms with van der Waals surface area (Å²) in [6.07, 6.45) is 3.44. The highest BCUT2D eigenvalue weighted by Crippen LogP contribution is 2.38. The van der Waals surface area contributed by atoms with Gasteiger partial charge < -0.3 is 25.0 Å². The molecule has 7 nitrogen and oxygen atoms in total. The number of pyridine rings is 1. The number of aliphatic hydroxyl groups is 1. The second-order valence-corrected chi connectivity index (χ2v) is 7.46. The molecule has 2 fully saturated rings. The van der Waals surface area contributed by atoms with Crippen LogP contribution in [0.4, 0.5) is 0 Å². The van der Waals surface area contributed by atoms with Crippen molar-refractivity contribution in [1.29, 1.82) is 0 Å². The van der Waals surface area contributed by atoms with Crippen molar-refractivity contribution in [3.63, 3.8) is 0 Å². The zero-order valence-corrected chi connectivity index (χ0v) is 15.7. The lowest BCUT2D eigenvalue weighted by Crippen LogP contribution is -2.46. The van der Waals surface area contributed by atoms with Gasteiger partial charge >= 0.3 is 0 Å². The summed E-state index contributed by atoms with van der Waals surface area (Å²) < 4.78 is 5.11. The lowest BCUT2D eigenvalue weighted by atomic mass is 9.75. The van der Waals surface area contributed by atoms with Gasteiger partial charge in [0.2, 0.25) is 11.8 Å². The maximum atomic E-state index is 12.5. The van der Waals surface area contributed by atoms with E-state index in [4.69, 9.17) is 4.74 Å². The highest BCUT2D eigenvalue weighted by molar-refractivity contribution is 5.76. The Morgan fingerprint density at radius 2 is 2.08 bits per heavy atom. The van der Waals surface area contributed by atoms with E-state index in [0.717, 1.165) is 51.1 Å².